The van der Waals surface area contributed by atoms with Gasteiger partial charge in [0.15, 0.2) is 5.96 Å². The number of nitrogens with one attached hydrogen (secondary N) is 3. The van der Waals surface area contributed by atoms with Crippen LogP contribution in [0.4, 0.5) is 5.69 Å². The maximum absolute atomic E-state index is 11.8. The molecule has 3 N–H and O–H groups in total. The number of anilines is 1. The number of carbonyl (C=O) groups excluding carboxylic acids is 1. The van der Waals surface area contributed by atoms with Gasteiger partial charge in [-0.05, 0) is 41.8 Å². The van der Waals surface area contributed by atoms with Crippen molar-refractivity contribution in [2.24, 2.45) is 4.99 Å². The third kappa shape index (κ3) is 6.76. The summed E-state index contributed by atoms with van der Waals surface area (Å²) in [6.07, 6.45) is 5.20. The highest BCUT2D eigenvalue weighted by Gasteiger charge is 2.08. The molecule has 2 aromatic rings. The molecule has 0 bridgehead atoms. The second kappa shape index (κ2) is 12.2. The van der Waals surface area contributed by atoms with Crippen LogP contribution < -0.4 is 20.9 Å². The van der Waals surface area contributed by atoms with Gasteiger partial charge in [-0.1, -0.05) is 36.4 Å². The molecule has 0 saturated carbocycles. The second-order valence-electron chi connectivity index (χ2n) is 6.93. The number of rotatable bonds is 7. The van der Waals surface area contributed by atoms with E-state index in [0.717, 1.165) is 37.6 Å². The van der Waals surface area contributed by atoms with Crippen LogP contribution in [0.25, 0.3) is 0 Å². The fourth-order valence-electron chi connectivity index (χ4n) is 3.30. The molecule has 0 fully saturated rings. The van der Waals surface area contributed by atoms with Crippen molar-refractivity contribution in [2.75, 3.05) is 38.6 Å². The molecular weight excluding hydrogens is 489 g/mol. The van der Waals surface area contributed by atoms with Crippen molar-refractivity contribution in [3.63, 3.8) is 0 Å². The van der Waals surface area contributed by atoms with Crippen LogP contribution >= 0.6 is 24.0 Å². The molecule has 0 aliphatic carbocycles. The predicted molar refractivity (Wildman–Crippen MR) is 135 cm³/mol. The lowest BCUT2D eigenvalue weighted by molar-refractivity contribution is 0.0963. The molecule has 0 radical (unpaired) electrons. The van der Waals surface area contributed by atoms with Crippen molar-refractivity contribution in [1.29, 1.82) is 0 Å². The Balaban J connectivity index is 0.00000320. The van der Waals surface area contributed by atoms with E-state index in [1.54, 1.807) is 14.1 Å². The second-order valence-corrected chi connectivity index (χ2v) is 6.93. The third-order valence-electron chi connectivity index (χ3n) is 4.90. The fraction of sp³-hybridized carbons (Fsp3) is 0.304. The Kier molecular flexibility index (Phi) is 9.66. The first kappa shape index (κ1) is 23.7. The van der Waals surface area contributed by atoms with E-state index in [0.29, 0.717) is 12.1 Å². The van der Waals surface area contributed by atoms with Gasteiger partial charge in [-0.25, -0.2) is 0 Å². The summed E-state index contributed by atoms with van der Waals surface area (Å²) >= 11 is 0. The van der Waals surface area contributed by atoms with Crippen LogP contribution in [0.3, 0.4) is 0 Å². The normalized spacial score (nSPS) is 13.0. The molecule has 160 valence electrons. The average Bonchev–Trinajstić information content (AvgIpc) is 3.31. The molecule has 6 nitrogen and oxygen atoms in total. The first-order valence-corrected chi connectivity index (χ1v) is 9.94. The lowest BCUT2D eigenvalue weighted by atomic mass is 10.1. The Hall–Kier alpha value is -2.55. The highest BCUT2D eigenvalue weighted by molar-refractivity contribution is 14.0. The van der Waals surface area contributed by atoms with Crippen LogP contribution in [0.15, 0.2) is 65.7 Å². The minimum absolute atomic E-state index is 0. The third-order valence-corrected chi connectivity index (χ3v) is 4.90. The summed E-state index contributed by atoms with van der Waals surface area (Å²) in [7, 11) is 3.41. The summed E-state index contributed by atoms with van der Waals surface area (Å²) in [6, 6.07) is 16.3. The van der Waals surface area contributed by atoms with E-state index in [-0.39, 0.29) is 29.9 Å². The predicted octanol–water partition coefficient (Wildman–Crippen LogP) is 2.95. The molecule has 3 rings (SSSR count). The molecule has 0 aromatic heterocycles. The van der Waals surface area contributed by atoms with E-state index in [9.17, 15) is 4.79 Å². The van der Waals surface area contributed by atoms with E-state index >= 15 is 0 Å². The number of guanidine groups is 1. The molecule has 30 heavy (non-hydrogen) atoms. The van der Waals surface area contributed by atoms with Crippen LogP contribution in [0.1, 0.15) is 21.5 Å². The van der Waals surface area contributed by atoms with Crippen LogP contribution in [-0.2, 0) is 13.0 Å². The molecule has 1 amide bonds. The monoisotopic (exact) mass is 519 g/mol. The zero-order chi connectivity index (χ0) is 20.5. The lowest BCUT2D eigenvalue weighted by Gasteiger charge is -2.19. The van der Waals surface area contributed by atoms with Crippen LogP contribution in [-0.4, -0.2) is 45.6 Å². The molecule has 7 heteroatoms. The number of halogens is 1. The Labute approximate surface area is 195 Å². The molecule has 2 aromatic carbocycles. The van der Waals surface area contributed by atoms with Crippen molar-refractivity contribution in [2.45, 2.75) is 13.0 Å². The maximum atomic E-state index is 11.8. The smallest absolute Gasteiger partial charge is 0.251 e. The van der Waals surface area contributed by atoms with Crippen LogP contribution in [0.2, 0.25) is 0 Å². The highest BCUT2D eigenvalue weighted by Crippen LogP contribution is 2.18. The number of benzene rings is 2. The Morgan fingerprint density at radius 2 is 1.77 bits per heavy atom. The summed E-state index contributed by atoms with van der Waals surface area (Å²) < 4.78 is 0. The standard InChI is InChI=1S/C23H29N5O.HI/c1-24-22(29)20-9-5-7-18(15-20)11-12-26-23(25-2)27-17-19-8-6-10-21(16-19)28-13-3-4-14-28;/h3-10,15-16H,11-14,17H2,1-2H3,(H,24,29)(H2,25,26,27);1H. The van der Waals surface area contributed by atoms with E-state index in [1.165, 1.54) is 11.3 Å². The number of hydrogen-bond acceptors (Lipinski definition) is 3. The molecule has 0 unspecified atom stereocenters. The molecule has 1 aliphatic heterocycles. The maximum Gasteiger partial charge on any atom is 0.251 e. The van der Waals surface area contributed by atoms with Gasteiger partial charge >= 0.3 is 0 Å². The molecular formula is C23H30IN5O. The lowest BCUT2D eigenvalue weighted by Crippen LogP contribution is -2.37. The molecule has 1 aliphatic rings. The van der Waals surface area contributed by atoms with Gasteiger partial charge in [0.1, 0.15) is 0 Å². The van der Waals surface area contributed by atoms with Crippen LogP contribution in [0, 0.1) is 0 Å². The minimum Gasteiger partial charge on any atom is -0.364 e. The van der Waals surface area contributed by atoms with Crippen molar-refractivity contribution < 1.29 is 4.79 Å². The van der Waals surface area contributed by atoms with Gasteiger partial charge in [0.2, 0.25) is 0 Å². The largest absolute Gasteiger partial charge is 0.364 e. The number of carbonyl (C=O) groups is 1. The number of amides is 1. The van der Waals surface area contributed by atoms with E-state index in [1.807, 2.05) is 24.3 Å². The van der Waals surface area contributed by atoms with Crippen LogP contribution in [0.5, 0.6) is 0 Å². The first-order valence-electron chi connectivity index (χ1n) is 9.94. The summed E-state index contributed by atoms with van der Waals surface area (Å²) in [6.45, 7) is 3.39. The quantitative estimate of drug-likeness (QED) is 0.228. The molecule has 0 atom stereocenters. The summed E-state index contributed by atoms with van der Waals surface area (Å²) in [5, 5.41) is 9.36. The van der Waals surface area contributed by atoms with E-state index < -0.39 is 0 Å². The number of aliphatic imine (C=N–C) groups is 1. The van der Waals surface area contributed by atoms with Crippen molar-refractivity contribution in [3.8, 4) is 0 Å². The highest BCUT2D eigenvalue weighted by atomic mass is 127. The van der Waals surface area contributed by atoms with Gasteiger partial charge in [-0.3, -0.25) is 9.79 Å². The minimum atomic E-state index is -0.0655. The number of nitrogens with zero attached hydrogens (tertiary/aromatic N) is 2. The molecule has 1 heterocycles. The van der Waals surface area contributed by atoms with E-state index in [2.05, 4.69) is 62.3 Å². The Bertz CT molecular complexity index is 889. The van der Waals surface area contributed by atoms with Gasteiger partial charge < -0.3 is 20.9 Å². The Morgan fingerprint density at radius 1 is 1.03 bits per heavy atom. The zero-order valence-electron chi connectivity index (χ0n) is 17.5. The van der Waals surface area contributed by atoms with Gasteiger partial charge in [0.25, 0.3) is 5.91 Å². The van der Waals surface area contributed by atoms with Gasteiger partial charge in [-0.15, -0.1) is 24.0 Å². The Morgan fingerprint density at radius 3 is 2.50 bits per heavy atom. The molecule has 0 spiro atoms. The summed E-state index contributed by atoms with van der Waals surface area (Å²) in [5.74, 6) is 0.699. The van der Waals surface area contributed by atoms with Crippen molar-refractivity contribution in [3.05, 3.63) is 77.4 Å². The first-order chi connectivity index (χ1) is 14.2. The summed E-state index contributed by atoms with van der Waals surface area (Å²) in [4.78, 5) is 18.4. The van der Waals surface area contributed by atoms with E-state index in [4.69, 9.17) is 0 Å². The molecule has 0 saturated heterocycles. The van der Waals surface area contributed by atoms with Gasteiger partial charge in [0, 0.05) is 51.5 Å². The topological polar surface area (TPSA) is 68.8 Å². The van der Waals surface area contributed by atoms with Gasteiger partial charge in [-0.2, -0.15) is 0 Å². The van der Waals surface area contributed by atoms with Crippen molar-refractivity contribution in [1.82, 2.24) is 16.0 Å². The fourth-order valence-corrected chi connectivity index (χ4v) is 3.30. The SMILES string of the molecule is CN=C(NCCc1cccc(C(=O)NC)c1)NCc1cccc(N2CC=CC2)c1.I. The number of hydrogen-bond donors (Lipinski definition) is 3. The van der Waals surface area contributed by atoms with Gasteiger partial charge in [0.05, 0.1) is 0 Å². The zero-order valence-corrected chi connectivity index (χ0v) is 19.9. The average molecular weight is 519 g/mol. The van der Waals surface area contributed by atoms with Crippen molar-refractivity contribution >= 4 is 41.5 Å². The summed E-state index contributed by atoms with van der Waals surface area (Å²) in [5.41, 5.74) is 4.26.